The van der Waals surface area contributed by atoms with E-state index < -0.39 is 0 Å². The monoisotopic (exact) mass is 314 g/mol. The average molecular weight is 314 g/mol. The lowest BCUT2D eigenvalue weighted by Crippen LogP contribution is -2.41. The molecule has 0 bridgehead atoms. The first-order valence-electron chi connectivity index (χ1n) is 8.01. The number of hydrogen-bond acceptors (Lipinski definition) is 3. The van der Waals surface area contributed by atoms with Gasteiger partial charge < -0.3 is 5.32 Å². The van der Waals surface area contributed by atoms with Crippen LogP contribution in [-0.4, -0.2) is 16.9 Å². The second-order valence-corrected chi connectivity index (χ2v) is 6.98. The van der Waals surface area contributed by atoms with E-state index in [0.717, 1.165) is 22.7 Å². The van der Waals surface area contributed by atoms with E-state index in [2.05, 4.69) is 17.2 Å². The minimum Gasteiger partial charge on any atom is -0.353 e. The van der Waals surface area contributed by atoms with Crippen LogP contribution in [0.5, 0.6) is 0 Å². The number of hydrogen-bond donors (Lipinski definition) is 1. The van der Waals surface area contributed by atoms with Gasteiger partial charge in [0.15, 0.2) is 0 Å². The van der Waals surface area contributed by atoms with Crippen LogP contribution in [0, 0.1) is 5.92 Å². The van der Waals surface area contributed by atoms with Crippen LogP contribution in [0.2, 0.25) is 0 Å². The van der Waals surface area contributed by atoms with Crippen molar-refractivity contribution in [2.45, 2.75) is 45.1 Å². The van der Waals surface area contributed by atoms with Gasteiger partial charge in [-0.1, -0.05) is 50.1 Å². The molecule has 0 unspecified atom stereocenters. The van der Waals surface area contributed by atoms with Crippen LogP contribution in [0.1, 0.15) is 38.3 Å². The van der Waals surface area contributed by atoms with Gasteiger partial charge in [-0.25, -0.2) is 4.98 Å². The van der Waals surface area contributed by atoms with Crippen molar-refractivity contribution in [3.05, 3.63) is 41.4 Å². The number of thiazole rings is 1. The molecule has 0 aliphatic heterocycles. The van der Waals surface area contributed by atoms with Crippen LogP contribution in [0.15, 0.2) is 35.7 Å². The molecule has 1 aromatic heterocycles. The molecule has 2 atom stereocenters. The molecule has 1 aliphatic carbocycles. The highest BCUT2D eigenvalue weighted by Gasteiger charge is 2.23. The van der Waals surface area contributed by atoms with Gasteiger partial charge in [0.05, 0.1) is 12.1 Å². The Kier molecular flexibility index (Phi) is 4.88. The Bertz CT molecular complexity index is 623. The zero-order chi connectivity index (χ0) is 15.4. The van der Waals surface area contributed by atoms with Crippen LogP contribution < -0.4 is 5.32 Å². The highest BCUT2D eigenvalue weighted by atomic mass is 32.1. The number of aromatic nitrogens is 1. The van der Waals surface area contributed by atoms with Gasteiger partial charge in [0.2, 0.25) is 5.91 Å². The lowest BCUT2D eigenvalue weighted by atomic mass is 9.86. The van der Waals surface area contributed by atoms with Gasteiger partial charge in [0.25, 0.3) is 0 Å². The predicted molar refractivity (Wildman–Crippen MR) is 90.8 cm³/mol. The molecule has 1 aromatic carbocycles. The van der Waals surface area contributed by atoms with E-state index in [9.17, 15) is 4.79 Å². The number of nitrogens with one attached hydrogen (secondary N) is 1. The maximum Gasteiger partial charge on any atom is 0.226 e. The summed E-state index contributed by atoms with van der Waals surface area (Å²) in [5.74, 6) is 0.691. The summed E-state index contributed by atoms with van der Waals surface area (Å²) in [6.45, 7) is 2.24. The number of carbonyl (C=O) groups is 1. The highest BCUT2D eigenvalue weighted by Crippen LogP contribution is 2.25. The number of amides is 1. The first-order valence-corrected chi connectivity index (χ1v) is 8.89. The second-order valence-electron chi connectivity index (χ2n) is 6.12. The molecule has 1 N–H and O–H groups in total. The molecule has 1 heterocycles. The first kappa shape index (κ1) is 15.2. The molecule has 0 radical (unpaired) electrons. The van der Waals surface area contributed by atoms with Crippen LogP contribution in [0.3, 0.4) is 0 Å². The molecule has 1 amide bonds. The molecule has 1 aliphatic rings. The molecule has 4 heteroatoms. The zero-order valence-electron chi connectivity index (χ0n) is 12.9. The van der Waals surface area contributed by atoms with Crippen LogP contribution in [0.25, 0.3) is 10.6 Å². The molecular formula is C18H22N2OS. The summed E-state index contributed by atoms with van der Waals surface area (Å²) >= 11 is 1.60. The Hall–Kier alpha value is -1.68. The Morgan fingerprint density at radius 3 is 2.82 bits per heavy atom. The van der Waals surface area contributed by atoms with Crippen molar-refractivity contribution in [2.24, 2.45) is 5.92 Å². The van der Waals surface area contributed by atoms with Crippen molar-refractivity contribution in [2.75, 3.05) is 0 Å². The molecule has 22 heavy (non-hydrogen) atoms. The lowest BCUT2D eigenvalue weighted by molar-refractivity contribution is -0.121. The van der Waals surface area contributed by atoms with Crippen LogP contribution >= 0.6 is 11.3 Å². The van der Waals surface area contributed by atoms with Gasteiger partial charge in [0, 0.05) is 17.0 Å². The van der Waals surface area contributed by atoms with E-state index in [-0.39, 0.29) is 5.91 Å². The SMILES string of the molecule is C[C@@H]1CCCC[C@H]1NC(=O)Cc1csc(-c2ccccc2)n1. The number of rotatable bonds is 4. The molecule has 1 saturated carbocycles. The van der Waals surface area contributed by atoms with Gasteiger partial charge in [-0.3, -0.25) is 4.79 Å². The topological polar surface area (TPSA) is 42.0 Å². The summed E-state index contributed by atoms with van der Waals surface area (Å²) in [6, 6.07) is 10.4. The van der Waals surface area contributed by atoms with E-state index in [1.54, 1.807) is 11.3 Å². The molecule has 3 rings (SSSR count). The fourth-order valence-electron chi connectivity index (χ4n) is 3.05. The fraction of sp³-hybridized carbons (Fsp3) is 0.444. The highest BCUT2D eigenvalue weighted by molar-refractivity contribution is 7.13. The largest absolute Gasteiger partial charge is 0.353 e. The molecule has 0 spiro atoms. The molecule has 3 nitrogen and oxygen atoms in total. The summed E-state index contributed by atoms with van der Waals surface area (Å²) < 4.78 is 0. The fourth-order valence-corrected chi connectivity index (χ4v) is 3.88. The number of nitrogens with zero attached hydrogens (tertiary/aromatic N) is 1. The van der Waals surface area contributed by atoms with Crippen molar-refractivity contribution < 1.29 is 4.79 Å². The van der Waals surface area contributed by atoms with Crippen molar-refractivity contribution in [1.29, 1.82) is 0 Å². The van der Waals surface area contributed by atoms with Crippen LogP contribution in [0.4, 0.5) is 0 Å². The van der Waals surface area contributed by atoms with Crippen molar-refractivity contribution in [3.63, 3.8) is 0 Å². The van der Waals surface area contributed by atoms with E-state index in [1.165, 1.54) is 19.3 Å². The normalized spacial score (nSPS) is 21.5. The minimum atomic E-state index is 0.101. The molecular weight excluding hydrogens is 292 g/mol. The standard InChI is InChI=1S/C18H22N2OS/c1-13-7-5-6-10-16(13)20-17(21)11-15-12-22-18(19-15)14-8-3-2-4-9-14/h2-4,8-9,12-13,16H,5-7,10-11H2,1H3,(H,20,21)/t13-,16-/m1/s1. The molecule has 2 aromatic rings. The Morgan fingerprint density at radius 1 is 1.27 bits per heavy atom. The van der Waals surface area contributed by atoms with Crippen molar-refractivity contribution in [3.8, 4) is 10.6 Å². The minimum absolute atomic E-state index is 0.101. The molecule has 116 valence electrons. The predicted octanol–water partition coefficient (Wildman–Crippen LogP) is 4.05. The Labute approximate surface area is 135 Å². The number of benzene rings is 1. The summed E-state index contributed by atoms with van der Waals surface area (Å²) in [5.41, 5.74) is 1.98. The van der Waals surface area contributed by atoms with Gasteiger partial charge in [-0.05, 0) is 18.8 Å². The third-order valence-electron chi connectivity index (χ3n) is 4.37. The third-order valence-corrected chi connectivity index (χ3v) is 5.31. The van der Waals surface area contributed by atoms with Crippen LogP contribution in [-0.2, 0) is 11.2 Å². The number of carbonyl (C=O) groups excluding carboxylic acids is 1. The van der Waals surface area contributed by atoms with Crippen molar-refractivity contribution >= 4 is 17.2 Å². The third kappa shape index (κ3) is 3.74. The van der Waals surface area contributed by atoms with Gasteiger partial charge in [0.1, 0.15) is 5.01 Å². The summed E-state index contributed by atoms with van der Waals surface area (Å²) in [6.07, 6.45) is 5.23. The Morgan fingerprint density at radius 2 is 2.05 bits per heavy atom. The molecule has 0 saturated heterocycles. The van der Waals surface area contributed by atoms with Gasteiger partial charge >= 0.3 is 0 Å². The maximum atomic E-state index is 12.2. The van der Waals surface area contributed by atoms with Crippen molar-refractivity contribution in [1.82, 2.24) is 10.3 Å². The quantitative estimate of drug-likeness (QED) is 0.925. The smallest absolute Gasteiger partial charge is 0.226 e. The maximum absolute atomic E-state index is 12.2. The van der Waals surface area contributed by atoms with E-state index >= 15 is 0 Å². The van der Waals surface area contributed by atoms with Gasteiger partial charge in [-0.2, -0.15) is 0 Å². The summed E-state index contributed by atoms with van der Waals surface area (Å²) in [5, 5.41) is 6.17. The zero-order valence-corrected chi connectivity index (χ0v) is 13.7. The van der Waals surface area contributed by atoms with E-state index in [1.807, 2.05) is 35.7 Å². The molecule has 1 fully saturated rings. The second kappa shape index (κ2) is 7.05. The summed E-state index contributed by atoms with van der Waals surface area (Å²) in [4.78, 5) is 16.8. The summed E-state index contributed by atoms with van der Waals surface area (Å²) in [7, 11) is 0. The van der Waals surface area contributed by atoms with E-state index in [4.69, 9.17) is 0 Å². The van der Waals surface area contributed by atoms with E-state index in [0.29, 0.717) is 18.4 Å². The Balaban J connectivity index is 1.59. The lowest BCUT2D eigenvalue weighted by Gasteiger charge is -2.29. The first-order chi connectivity index (χ1) is 10.7. The van der Waals surface area contributed by atoms with Gasteiger partial charge in [-0.15, -0.1) is 11.3 Å². The average Bonchev–Trinajstić information content (AvgIpc) is 2.99.